The first kappa shape index (κ1) is 7.14. The van der Waals surface area contributed by atoms with E-state index in [1.807, 2.05) is 0 Å². The van der Waals surface area contributed by atoms with Crippen LogP contribution in [0.25, 0.3) is 0 Å². The van der Waals surface area contributed by atoms with E-state index >= 15 is 0 Å². The van der Waals surface area contributed by atoms with Crippen molar-refractivity contribution in [3.05, 3.63) is 0 Å². The fraction of sp³-hybridized carbons (Fsp3) is 0.889. The molecule has 2 heteroatoms. The summed E-state index contributed by atoms with van der Waals surface area (Å²) in [6.45, 7) is 3.44. The molecule has 0 aromatic rings. The molecule has 0 atom stereocenters. The van der Waals surface area contributed by atoms with Gasteiger partial charge in [-0.3, -0.25) is 5.41 Å². The van der Waals surface area contributed by atoms with Gasteiger partial charge in [0.25, 0.3) is 0 Å². The first-order valence-electron chi connectivity index (χ1n) is 4.57. The Bertz CT molecular complexity index is 182. The van der Waals surface area contributed by atoms with Gasteiger partial charge in [0, 0.05) is 18.5 Å². The molecule has 1 saturated carbocycles. The summed E-state index contributed by atoms with van der Waals surface area (Å²) < 4.78 is 0. The van der Waals surface area contributed by atoms with Crippen LogP contribution in [-0.4, -0.2) is 22.8 Å². The standard InChI is InChI=1S/C9H16N2/c1-9(5-3-6-9)11-7-2-4-8(11)10/h10H,2-7H2,1H3. The predicted octanol–water partition coefficient (Wildman–Crippen LogP) is 2.00. The van der Waals surface area contributed by atoms with E-state index in [1.165, 1.54) is 25.7 Å². The van der Waals surface area contributed by atoms with Crippen LogP contribution < -0.4 is 0 Å². The van der Waals surface area contributed by atoms with Crippen LogP contribution in [0.3, 0.4) is 0 Å². The average molecular weight is 152 g/mol. The van der Waals surface area contributed by atoms with E-state index in [0.29, 0.717) is 5.54 Å². The van der Waals surface area contributed by atoms with Gasteiger partial charge < -0.3 is 4.90 Å². The quantitative estimate of drug-likeness (QED) is 0.611. The first-order valence-corrected chi connectivity index (χ1v) is 4.57. The third-order valence-corrected chi connectivity index (χ3v) is 3.20. The minimum absolute atomic E-state index is 0.383. The zero-order valence-electron chi connectivity index (χ0n) is 7.19. The average Bonchev–Trinajstić information content (AvgIpc) is 2.30. The molecule has 0 bridgehead atoms. The predicted molar refractivity (Wildman–Crippen MR) is 45.9 cm³/mol. The van der Waals surface area contributed by atoms with Crippen LogP contribution in [0.2, 0.25) is 0 Å². The SMILES string of the molecule is CC1(N2CCCC2=N)CCC1. The molecule has 2 nitrogen and oxygen atoms in total. The monoisotopic (exact) mass is 152 g/mol. The maximum atomic E-state index is 7.72. The van der Waals surface area contributed by atoms with Crippen molar-refractivity contribution in [3.8, 4) is 0 Å². The van der Waals surface area contributed by atoms with E-state index in [4.69, 9.17) is 5.41 Å². The van der Waals surface area contributed by atoms with Crippen molar-refractivity contribution in [1.82, 2.24) is 4.90 Å². The summed E-state index contributed by atoms with van der Waals surface area (Å²) in [5, 5.41) is 7.72. The minimum atomic E-state index is 0.383. The Morgan fingerprint density at radius 3 is 2.45 bits per heavy atom. The molecular weight excluding hydrogens is 136 g/mol. The molecule has 2 aliphatic rings. The smallest absolute Gasteiger partial charge is 0.0962 e. The molecule has 1 heterocycles. The Morgan fingerprint density at radius 2 is 2.09 bits per heavy atom. The lowest BCUT2D eigenvalue weighted by molar-refractivity contribution is 0.105. The van der Waals surface area contributed by atoms with E-state index in [9.17, 15) is 0 Å². The summed E-state index contributed by atoms with van der Waals surface area (Å²) in [5.74, 6) is 0.882. The highest BCUT2D eigenvalue weighted by atomic mass is 15.3. The summed E-state index contributed by atoms with van der Waals surface area (Å²) in [6.07, 6.45) is 6.18. The lowest BCUT2D eigenvalue weighted by Gasteiger charge is -2.47. The van der Waals surface area contributed by atoms with Crippen LogP contribution in [0.1, 0.15) is 39.0 Å². The van der Waals surface area contributed by atoms with Crippen LogP contribution in [0.15, 0.2) is 0 Å². The van der Waals surface area contributed by atoms with Gasteiger partial charge in [0.2, 0.25) is 0 Å². The van der Waals surface area contributed by atoms with Gasteiger partial charge in [-0.05, 0) is 32.6 Å². The van der Waals surface area contributed by atoms with E-state index in [2.05, 4.69) is 11.8 Å². The van der Waals surface area contributed by atoms with Crippen LogP contribution in [-0.2, 0) is 0 Å². The van der Waals surface area contributed by atoms with Crippen LogP contribution >= 0.6 is 0 Å². The third-order valence-electron chi connectivity index (χ3n) is 3.20. The highest BCUT2D eigenvalue weighted by Crippen LogP contribution is 2.39. The van der Waals surface area contributed by atoms with E-state index in [-0.39, 0.29) is 0 Å². The Hall–Kier alpha value is -0.530. The second kappa shape index (κ2) is 2.23. The summed E-state index contributed by atoms with van der Waals surface area (Å²) in [7, 11) is 0. The van der Waals surface area contributed by atoms with Crippen molar-refractivity contribution in [1.29, 1.82) is 5.41 Å². The summed E-state index contributed by atoms with van der Waals surface area (Å²) in [6, 6.07) is 0. The van der Waals surface area contributed by atoms with E-state index in [1.54, 1.807) is 0 Å². The van der Waals surface area contributed by atoms with E-state index < -0.39 is 0 Å². The third kappa shape index (κ3) is 0.959. The summed E-state index contributed by atoms with van der Waals surface area (Å²) in [5.41, 5.74) is 0.383. The highest BCUT2D eigenvalue weighted by molar-refractivity contribution is 5.81. The first-order chi connectivity index (χ1) is 5.22. The molecule has 2 rings (SSSR count). The Kier molecular flexibility index (Phi) is 1.44. The molecule has 1 aliphatic heterocycles. The Labute approximate surface area is 68.1 Å². The maximum Gasteiger partial charge on any atom is 0.0962 e. The fourth-order valence-corrected chi connectivity index (χ4v) is 2.23. The molecule has 1 aliphatic carbocycles. The van der Waals surface area contributed by atoms with Gasteiger partial charge in [-0.25, -0.2) is 0 Å². The summed E-state index contributed by atoms with van der Waals surface area (Å²) >= 11 is 0. The molecular formula is C9H16N2. The molecule has 0 aromatic heterocycles. The largest absolute Gasteiger partial charge is 0.355 e. The number of amidine groups is 1. The van der Waals surface area contributed by atoms with Crippen molar-refractivity contribution in [2.45, 2.75) is 44.6 Å². The molecule has 1 N–H and O–H groups in total. The van der Waals surface area contributed by atoms with Gasteiger partial charge in [0.1, 0.15) is 0 Å². The summed E-state index contributed by atoms with van der Waals surface area (Å²) in [4.78, 5) is 2.32. The number of hydrogen-bond acceptors (Lipinski definition) is 1. The second-order valence-electron chi connectivity index (χ2n) is 4.05. The Balaban J connectivity index is 2.08. The van der Waals surface area contributed by atoms with Crippen LogP contribution in [0.4, 0.5) is 0 Å². The molecule has 0 radical (unpaired) electrons. The van der Waals surface area contributed by atoms with Gasteiger partial charge in [-0.2, -0.15) is 0 Å². The molecule has 0 spiro atoms. The maximum absolute atomic E-state index is 7.72. The van der Waals surface area contributed by atoms with Crippen molar-refractivity contribution in [2.75, 3.05) is 6.54 Å². The Morgan fingerprint density at radius 1 is 1.36 bits per heavy atom. The second-order valence-corrected chi connectivity index (χ2v) is 4.05. The van der Waals surface area contributed by atoms with Gasteiger partial charge in [-0.1, -0.05) is 0 Å². The molecule has 1 saturated heterocycles. The molecule has 62 valence electrons. The number of nitrogens with zero attached hydrogens (tertiary/aromatic N) is 1. The van der Waals surface area contributed by atoms with Crippen molar-refractivity contribution in [3.63, 3.8) is 0 Å². The molecule has 0 amide bonds. The number of rotatable bonds is 1. The number of likely N-dealkylation sites (tertiary alicyclic amines) is 1. The zero-order valence-corrected chi connectivity index (χ0v) is 7.19. The molecule has 0 aromatic carbocycles. The van der Waals surface area contributed by atoms with Gasteiger partial charge in [-0.15, -0.1) is 0 Å². The van der Waals surface area contributed by atoms with Crippen molar-refractivity contribution < 1.29 is 0 Å². The van der Waals surface area contributed by atoms with Gasteiger partial charge >= 0.3 is 0 Å². The minimum Gasteiger partial charge on any atom is -0.355 e. The van der Waals surface area contributed by atoms with Crippen LogP contribution in [0, 0.1) is 5.41 Å². The van der Waals surface area contributed by atoms with Crippen molar-refractivity contribution >= 4 is 5.84 Å². The van der Waals surface area contributed by atoms with Gasteiger partial charge in [0.05, 0.1) is 5.84 Å². The zero-order chi connectivity index (χ0) is 7.90. The topological polar surface area (TPSA) is 27.1 Å². The molecule has 11 heavy (non-hydrogen) atoms. The normalized spacial score (nSPS) is 28.8. The lowest BCUT2D eigenvalue weighted by Crippen LogP contribution is -2.51. The molecule has 0 unspecified atom stereocenters. The van der Waals surface area contributed by atoms with Crippen molar-refractivity contribution in [2.24, 2.45) is 0 Å². The fourth-order valence-electron chi connectivity index (χ4n) is 2.23. The number of hydrogen-bond donors (Lipinski definition) is 1. The highest BCUT2D eigenvalue weighted by Gasteiger charge is 2.40. The lowest BCUT2D eigenvalue weighted by atomic mass is 9.77. The number of nitrogens with one attached hydrogen (secondary N) is 1. The van der Waals surface area contributed by atoms with Gasteiger partial charge in [0.15, 0.2) is 0 Å². The van der Waals surface area contributed by atoms with E-state index in [0.717, 1.165) is 18.8 Å². The van der Waals surface area contributed by atoms with Crippen LogP contribution in [0.5, 0.6) is 0 Å². The molecule has 2 fully saturated rings.